The first kappa shape index (κ1) is 13.7. The van der Waals surface area contributed by atoms with Crippen LogP contribution in [0.2, 0.25) is 0 Å². The van der Waals surface area contributed by atoms with Crippen molar-refractivity contribution in [3.05, 3.63) is 30.0 Å². The number of carbonyl (C=O) groups is 1. The molecule has 0 aromatic carbocycles. The summed E-state index contributed by atoms with van der Waals surface area (Å²) < 4.78 is 0. The number of piperidine rings is 1. The van der Waals surface area contributed by atoms with Gasteiger partial charge in [-0.1, -0.05) is 0 Å². The molecule has 1 aliphatic heterocycles. The number of nitrogens with zero attached hydrogens (tertiary/aromatic N) is 4. The van der Waals surface area contributed by atoms with E-state index >= 15 is 0 Å². The summed E-state index contributed by atoms with van der Waals surface area (Å²) >= 11 is 1.40. The number of rotatable bonds is 3. The molecule has 0 spiro atoms. The van der Waals surface area contributed by atoms with E-state index in [9.17, 15) is 4.79 Å². The fourth-order valence-corrected chi connectivity index (χ4v) is 2.81. The summed E-state index contributed by atoms with van der Waals surface area (Å²) in [6.45, 7) is 1.68. The Morgan fingerprint density at radius 3 is 2.62 bits per heavy atom. The smallest absolute Gasteiger partial charge is 0.321 e. The molecule has 1 aliphatic rings. The first-order valence-corrected chi connectivity index (χ1v) is 7.68. The standard InChI is InChI=1S/C13H16N6OS/c20-12(18-13-16-6-9-21-13)17-10-2-7-19(8-3-10)11-14-4-1-5-15-11/h1,4-6,9-10H,2-3,7-8H2,(H2,16,17,18,20). The molecule has 1 fully saturated rings. The Kier molecular flexibility index (Phi) is 4.25. The predicted octanol–water partition coefficient (Wildman–Crippen LogP) is 1.72. The molecule has 3 rings (SSSR count). The van der Waals surface area contributed by atoms with Crippen molar-refractivity contribution in [3.8, 4) is 0 Å². The van der Waals surface area contributed by atoms with E-state index in [4.69, 9.17) is 0 Å². The van der Waals surface area contributed by atoms with Gasteiger partial charge in [-0.2, -0.15) is 0 Å². The molecule has 7 nitrogen and oxygen atoms in total. The number of thiazole rings is 1. The molecular weight excluding hydrogens is 288 g/mol. The number of carbonyl (C=O) groups excluding carboxylic acids is 1. The zero-order valence-electron chi connectivity index (χ0n) is 11.4. The molecule has 8 heteroatoms. The Morgan fingerprint density at radius 1 is 1.19 bits per heavy atom. The maximum absolute atomic E-state index is 11.8. The maximum Gasteiger partial charge on any atom is 0.321 e. The fraction of sp³-hybridized carbons (Fsp3) is 0.385. The lowest BCUT2D eigenvalue weighted by atomic mass is 10.1. The summed E-state index contributed by atoms with van der Waals surface area (Å²) in [4.78, 5) is 26.5. The second kappa shape index (κ2) is 6.49. The van der Waals surface area contributed by atoms with Crippen molar-refractivity contribution < 1.29 is 4.79 Å². The van der Waals surface area contributed by atoms with Gasteiger partial charge in [0, 0.05) is 43.1 Å². The minimum Gasteiger partial charge on any atom is -0.341 e. The molecule has 2 N–H and O–H groups in total. The van der Waals surface area contributed by atoms with Gasteiger partial charge in [0.05, 0.1) is 0 Å². The van der Waals surface area contributed by atoms with Crippen molar-refractivity contribution in [1.29, 1.82) is 0 Å². The summed E-state index contributed by atoms with van der Waals surface area (Å²) in [7, 11) is 0. The number of aromatic nitrogens is 3. The lowest BCUT2D eigenvalue weighted by Gasteiger charge is -2.32. The Morgan fingerprint density at radius 2 is 1.95 bits per heavy atom. The van der Waals surface area contributed by atoms with E-state index in [0.29, 0.717) is 5.13 Å². The third-order valence-corrected chi connectivity index (χ3v) is 4.01. The Bertz CT molecular complexity index is 568. The monoisotopic (exact) mass is 304 g/mol. The normalized spacial score (nSPS) is 15.7. The molecule has 1 saturated heterocycles. The largest absolute Gasteiger partial charge is 0.341 e. The lowest BCUT2D eigenvalue weighted by Crippen LogP contribution is -2.46. The van der Waals surface area contributed by atoms with Crippen LogP contribution in [-0.2, 0) is 0 Å². The van der Waals surface area contributed by atoms with Crippen LogP contribution >= 0.6 is 11.3 Å². The van der Waals surface area contributed by atoms with E-state index in [1.165, 1.54) is 11.3 Å². The van der Waals surface area contributed by atoms with Gasteiger partial charge in [-0.25, -0.2) is 19.7 Å². The van der Waals surface area contributed by atoms with Crippen LogP contribution in [-0.4, -0.2) is 40.1 Å². The molecule has 0 aliphatic carbocycles. The zero-order chi connectivity index (χ0) is 14.5. The molecule has 3 heterocycles. The van der Waals surface area contributed by atoms with Gasteiger partial charge in [0.15, 0.2) is 5.13 Å². The summed E-state index contributed by atoms with van der Waals surface area (Å²) in [6.07, 6.45) is 6.91. The summed E-state index contributed by atoms with van der Waals surface area (Å²) in [5, 5.41) is 8.15. The topological polar surface area (TPSA) is 83.0 Å². The highest BCUT2D eigenvalue weighted by atomic mass is 32.1. The van der Waals surface area contributed by atoms with Crippen molar-refractivity contribution in [2.45, 2.75) is 18.9 Å². The van der Waals surface area contributed by atoms with Crippen molar-refractivity contribution in [2.24, 2.45) is 0 Å². The van der Waals surface area contributed by atoms with E-state index < -0.39 is 0 Å². The molecular formula is C13H16N6OS. The quantitative estimate of drug-likeness (QED) is 0.902. The second-order valence-corrected chi connectivity index (χ2v) is 5.64. The minimum atomic E-state index is -0.195. The number of amides is 2. The first-order valence-electron chi connectivity index (χ1n) is 6.80. The molecule has 0 radical (unpaired) electrons. The highest BCUT2D eigenvalue weighted by Gasteiger charge is 2.22. The molecule has 2 aromatic heterocycles. The Balaban J connectivity index is 1.46. The van der Waals surface area contributed by atoms with Crippen LogP contribution in [0.1, 0.15) is 12.8 Å². The molecule has 110 valence electrons. The summed E-state index contributed by atoms with van der Waals surface area (Å²) in [5.74, 6) is 0.753. The van der Waals surface area contributed by atoms with Crippen LogP contribution in [0.5, 0.6) is 0 Å². The van der Waals surface area contributed by atoms with E-state index in [1.807, 2.05) is 5.38 Å². The molecule has 2 amide bonds. The van der Waals surface area contributed by atoms with Crippen LogP contribution in [0.15, 0.2) is 30.0 Å². The lowest BCUT2D eigenvalue weighted by molar-refractivity contribution is 0.246. The number of hydrogen-bond donors (Lipinski definition) is 2. The van der Waals surface area contributed by atoms with E-state index in [-0.39, 0.29) is 12.1 Å². The third-order valence-electron chi connectivity index (χ3n) is 3.32. The molecule has 0 atom stereocenters. The van der Waals surface area contributed by atoms with Gasteiger partial charge < -0.3 is 10.2 Å². The number of anilines is 2. The number of nitrogens with one attached hydrogen (secondary N) is 2. The van der Waals surface area contributed by atoms with Gasteiger partial charge in [-0.3, -0.25) is 5.32 Å². The summed E-state index contributed by atoms with van der Waals surface area (Å²) in [6, 6.07) is 1.78. The van der Waals surface area contributed by atoms with Crippen LogP contribution < -0.4 is 15.5 Å². The molecule has 0 unspecified atom stereocenters. The van der Waals surface area contributed by atoms with Crippen LogP contribution in [0.3, 0.4) is 0 Å². The van der Waals surface area contributed by atoms with Crippen LogP contribution in [0, 0.1) is 0 Å². The van der Waals surface area contributed by atoms with Gasteiger partial charge >= 0.3 is 6.03 Å². The molecule has 21 heavy (non-hydrogen) atoms. The average molecular weight is 304 g/mol. The predicted molar refractivity (Wildman–Crippen MR) is 81.5 cm³/mol. The Labute approximate surface area is 126 Å². The van der Waals surface area contributed by atoms with Crippen molar-refractivity contribution in [2.75, 3.05) is 23.3 Å². The van der Waals surface area contributed by atoms with Crippen LogP contribution in [0.4, 0.5) is 15.9 Å². The number of hydrogen-bond acceptors (Lipinski definition) is 6. The maximum atomic E-state index is 11.8. The summed E-state index contributed by atoms with van der Waals surface area (Å²) in [5.41, 5.74) is 0. The Hall–Kier alpha value is -2.22. The van der Waals surface area contributed by atoms with E-state index in [2.05, 4.69) is 30.5 Å². The van der Waals surface area contributed by atoms with Gasteiger partial charge in [0.1, 0.15) is 0 Å². The zero-order valence-corrected chi connectivity index (χ0v) is 12.2. The highest BCUT2D eigenvalue weighted by Crippen LogP contribution is 2.16. The number of urea groups is 1. The molecule has 0 saturated carbocycles. The molecule has 0 bridgehead atoms. The minimum absolute atomic E-state index is 0.171. The van der Waals surface area contributed by atoms with Crippen molar-refractivity contribution in [3.63, 3.8) is 0 Å². The van der Waals surface area contributed by atoms with Crippen molar-refractivity contribution in [1.82, 2.24) is 20.3 Å². The highest BCUT2D eigenvalue weighted by molar-refractivity contribution is 7.13. The van der Waals surface area contributed by atoms with Gasteiger partial charge in [0.25, 0.3) is 0 Å². The van der Waals surface area contributed by atoms with E-state index in [1.54, 1.807) is 24.7 Å². The van der Waals surface area contributed by atoms with Crippen molar-refractivity contribution >= 4 is 28.4 Å². The van der Waals surface area contributed by atoms with Gasteiger partial charge in [-0.05, 0) is 18.9 Å². The van der Waals surface area contributed by atoms with Gasteiger partial charge in [-0.15, -0.1) is 11.3 Å². The van der Waals surface area contributed by atoms with Gasteiger partial charge in [0.2, 0.25) is 5.95 Å². The SMILES string of the molecule is O=C(Nc1nccs1)NC1CCN(c2ncccn2)CC1. The second-order valence-electron chi connectivity index (χ2n) is 4.75. The third kappa shape index (κ3) is 3.66. The average Bonchev–Trinajstić information content (AvgIpc) is 3.02. The molecule has 2 aromatic rings. The van der Waals surface area contributed by atoms with Crippen LogP contribution in [0.25, 0.3) is 0 Å². The first-order chi connectivity index (χ1) is 10.3. The van der Waals surface area contributed by atoms with E-state index in [0.717, 1.165) is 31.9 Å². The fourth-order valence-electron chi connectivity index (χ4n) is 2.28.